The quantitative estimate of drug-likeness (QED) is 0.725. The van der Waals surface area contributed by atoms with Crippen LogP contribution in [0.3, 0.4) is 0 Å². The van der Waals surface area contributed by atoms with Gasteiger partial charge in [0, 0.05) is 6.07 Å². The summed E-state index contributed by atoms with van der Waals surface area (Å²) in [5.41, 5.74) is 0.865. The molecule has 0 fully saturated rings. The zero-order valence-electron chi connectivity index (χ0n) is 7.17. The summed E-state index contributed by atoms with van der Waals surface area (Å²) < 4.78 is 5.09. The summed E-state index contributed by atoms with van der Waals surface area (Å²) >= 11 is 5.64. The van der Waals surface area contributed by atoms with Gasteiger partial charge in [-0.25, -0.2) is 0 Å². The van der Waals surface area contributed by atoms with Crippen molar-refractivity contribution in [1.82, 2.24) is 10.2 Å². The average Bonchev–Trinajstić information content (AvgIpc) is 2.08. The Labute approximate surface area is 76.7 Å². The predicted molar refractivity (Wildman–Crippen MR) is 47.6 cm³/mol. The summed E-state index contributed by atoms with van der Waals surface area (Å²) in [6.07, 6.45) is 1.89. The first-order valence-corrected chi connectivity index (χ1v) is 4.21. The second-order valence-corrected chi connectivity index (χ2v) is 2.82. The van der Waals surface area contributed by atoms with Crippen LogP contribution in [0.2, 0.25) is 5.15 Å². The molecule has 0 atom stereocenters. The summed E-state index contributed by atoms with van der Waals surface area (Å²) in [7, 11) is 1.60. The number of aryl methyl sites for hydroxylation is 1. The number of methoxy groups -OCH3 is 1. The minimum absolute atomic E-state index is 0.367. The molecular weight excluding hydrogens is 176 g/mol. The topological polar surface area (TPSA) is 35.0 Å². The molecule has 12 heavy (non-hydrogen) atoms. The molecular formula is C8H11ClN2O. The van der Waals surface area contributed by atoms with E-state index in [0.717, 1.165) is 24.3 Å². The molecule has 0 saturated heterocycles. The summed E-state index contributed by atoms with van der Waals surface area (Å²) in [6.45, 7) is 2.08. The van der Waals surface area contributed by atoms with Crippen molar-refractivity contribution in [3.63, 3.8) is 0 Å². The number of nitrogens with zero attached hydrogens (tertiary/aromatic N) is 2. The molecule has 0 aromatic carbocycles. The first-order chi connectivity index (χ1) is 5.77. The van der Waals surface area contributed by atoms with Crippen molar-refractivity contribution in [2.45, 2.75) is 19.8 Å². The maximum Gasteiger partial charge on any atom is 0.155 e. The molecule has 4 heteroatoms. The van der Waals surface area contributed by atoms with Crippen molar-refractivity contribution in [3.05, 3.63) is 16.9 Å². The third-order valence-electron chi connectivity index (χ3n) is 1.51. The Balaban J connectivity index is 2.94. The van der Waals surface area contributed by atoms with Crippen molar-refractivity contribution in [2.75, 3.05) is 7.11 Å². The van der Waals surface area contributed by atoms with E-state index >= 15 is 0 Å². The van der Waals surface area contributed by atoms with Crippen molar-refractivity contribution < 1.29 is 4.74 Å². The van der Waals surface area contributed by atoms with Gasteiger partial charge in [0.25, 0.3) is 0 Å². The van der Waals surface area contributed by atoms with Gasteiger partial charge in [0.1, 0.15) is 11.4 Å². The van der Waals surface area contributed by atoms with Gasteiger partial charge in [-0.3, -0.25) is 0 Å². The highest BCUT2D eigenvalue weighted by Gasteiger charge is 2.04. The fraction of sp³-hybridized carbons (Fsp3) is 0.500. The largest absolute Gasteiger partial charge is 0.495 e. The number of hydrogen-bond donors (Lipinski definition) is 0. The molecule has 1 aromatic heterocycles. The Morgan fingerprint density at radius 3 is 2.83 bits per heavy atom. The van der Waals surface area contributed by atoms with Crippen LogP contribution in [0.25, 0.3) is 0 Å². The molecule has 0 aliphatic heterocycles. The summed E-state index contributed by atoms with van der Waals surface area (Å²) in [5.74, 6) is 0.719. The fourth-order valence-corrected chi connectivity index (χ4v) is 1.10. The molecule has 1 heterocycles. The van der Waals surface area contributed by atoms with E-state index in [1.807, 2.05) is 0 Å². The molecule has 0 radical (unpaired) electrons. The van der Waals surface area contributed by atoms with Crippen LogP contribution in [-0.4, -0.2) is 17.3 Å². The molecule has 1 rings (SSSR count). The van der Waals surface area contributed by atoms with Gasteiger partial charge in [-0.2, -0.15) is 5.10 Å². The molecule has 0 spiro atoms. The molecule has 3 nitrogen and oxygen atoms in total. The van der Waals surface area contributed by atoms with E-state index < -0.39 is 0 Å². The molecule has 0 aliphatic carbocycles. The molecule has 0 N–H and O–H groups in total. The molecule has 0 saturated carbocycles. The monoisotopic (exact) mass is 186 g/mol. The maximum absolute atomic E-state index is 5.64. The highest BCUT2D eigenvalue weighted by Crippen LogP contribution is 2.19. The average molecular weight is 187 g/mol. The van der Waals surface area contributed by atoms with Crippen LogP contribution in [-0.2, 0) is 6.42 Å². The third kappa shape index (κ3) is 2.08. The van der Waals surface area contributed by atoms with Crippen molar-refractivity contribution >= 4 is 11.6 Å². The van der Waals surface area contributed by atoms with Crippen LogP contribution in [0.5, 0.6) is 5.75 Å². The SMILES string of the molecule is CCCc1nnc(Cl)cc1OC. The Bertz CT molecular complexity index is 265. The van der Waals surface area contributed by atoms with Crippen LogP contribution in [0, 0.1) is 0 Å². The summed E-state index contributed by atoms with van der Waals surface area (Å²) in [4.78, 5) is 0. The van der Waals surface area contributed by atoms with Gasteiger partial charge >= 0.3 is 0 Å². The first kappa shape index (κ1) is 9.26. The fourth-order valence-electron chi connectivity index (χ4n) is 0.964. The molecule has 0 bridgehead atoms. The van der Waals surface area contributed by atoms with E-state index in [0.29, 0.717) is 5.15 Å². The van der Waals surface area contributed by atoms with Gasteiger partial charge in [0.2, 0.25) is 0 Å². The van der Waals surface area contributed by atoms with Crippen molar-refractivity contribution in [1.29, 1.82) is 0 Å². The minimum atomic E-state index is 0.367. The highest BCUT2D eigenvalue weighted by atomic mass is 35.5. The van der Waals surface area contributed by atoms with E-state index in [2.05, 4.69) is 17.1 Å². The van der Waals surface area contributed by atoms with Gasteiger partial charge < -0.3 is 4.74 Å². The molecule has 1 aromatic rings. The molecule has 0 amide bonds. The predicted octanol–water partition coefficient (Wildman–Crippen LogP) is 2.09. The van der Waals surface area contributed by atoms with E-state index in [1.165, 1.54) is 0 Å². The molecule has 66 valence electrons. The van der Waals surface area contributed by atoms with E-state index in [9.17, 15) is 0 Å². The highest BCUT2D eigenvalue weighted by molar-refractivity contribution is 6.29. The Morgan fingerprint density at radius 2 is 2.25 bits per heavy atom. The van der Waals surface area contributed by atoms with Crippen LogP contribution in [0.1, 0.15) is 19.0 Å². The van der Waals surface area contributed by atoms with Gasteiger partial charge in [-0.1, -0.05) is 24.9 Å². The van der Waals surface area contributed by atoms with Crippen molar-refractivity contribution in [2.24, 2.45) is 0 Å². The summed E-state index contributed by atoms with van der Waals surface area (Å²) in [6, 6.07) is 1.68. The molecule has 0 aliphatic rings. The van der Waals surface area contributed by atoms with E-state index in [4.69, 9.17) is 16.3 Å². The minimum Gasteiger partial charge on any atom is -0.495 e. The Kier molecular flexibility index (Phi) is 3.29. The third-order valence-corrected chi connectivity index (χ3v) is 1.69. The summed E-state index contributed by atoms with van der Waals surface area (Å²) in [5, 5.41) is 8.04. The second-order valence-electron chi connectivity index (χ2n) is 2.43. The second kappa shape index (κ2) is 4.26. The van der Waals surface area contributed by atoms with Crippen LogP contribution in [0.4, 0.5) is 0 Å². The molecule has 0 unspecified atom stereocenters. The van der Waals surface area contributed by atoms with E-state index in [1.54, 1.807) is 13.2 Å². The normalized spacial score (nSPS) is 9.92. The Morgan fingerprint density at radius 1 is 1.50 bits per heavy atom. The number of halogens is 1. The van der Waals surface area contributed by atoms with Crippen LogP contribution < -0.4 is 4.74 Å². The van der Waals surface area contributed by atoms with E-state index in [-0.39, 0.29) is 0 Å². The number of ether oxygens (including phenoxy) is 1. The van der Waals surface area contributed by atoms with Gasteiger partial charge in [0.15, 0.2) is 5.15 Å². The lowest BCUT2D eigenvalue weighted by molar-refractivity contribution is 0.404. The number of hydrogen-bond acceptors (Lipinski definition) is 3. The lowest BCUT2D eigenvalue weighted by atomic mass is 10.2. The van der Waals surface area contributed by atoms with Crippen molar-refractivity contribution in [3.8, 4) is 5.75 Å². The standard InChI is InChI=1S/C8H11ClN2O/c1-3-4-6-7(12-2)5-8(9)11-10-6/h5H,3-4H2,1-2H3. The van der Waals surface area contributed by atoms with Crippen LogP contribution >= 0.6 is 11.6 Å². The smallest absolute Gasteiger partial charge is 0.155 e. The Hall–Kier alpha value is -0.830. The zero-order chi connectivity index (χ0) is 8.97. The maximum atomic E-state index is 5.64. The van der Waals surface area contributed by atoms with Crippen LogP contribution in [0.15, 0.2) is 6.07 Å². The zero-order valence-corrected chi connectivity index (χ0v) is 7.93. The van der Waals surface area contributed by atoms with Gasteiger partial charge in [0.05, 0.1) is 7.11 Å². The lowest BCUT2D eigenvalue weighted by Crippen LogP contribution is -1.97. The first-order valence-electron chi connectivity index (χ1n) is 3.84. The lowest BCUT2D eigenvalue weighted by Gasteiger charge is -2.04. The number of rotatable bonds is 3. The van der Waals surface area contributed by atoms with Gasteiger partial charge in [-0.05, 0) is 6.42 Å². The number of aromatic nitrogens is 2. The van der Waals surface area contributed by atoms with Gasteiger partial charge in [-0.15, -0.1) is 5.10 Å².